The van der Waals surface area contributed by atoms with Crippen LogP contribution in [0.1, 0.15) is 6.42 Å². The quantitative estimate of drug-likeness (QED) is 0.786. The molecule has 1 aromatic rings. The van der Waals surface area contributed by atoms with Crippen LogP contribution in [0.4, 0.5) is 4.39 Å². The topological polar surface area (TPSA) is 49.9 Å². The van der Waals surface area contributed by atoms with E-state index in [1.165, 1.54) is 23.5 Å². The van der Waals surface area contributed by atoms with Gasteiger partial charge < -0.3 is 4.74 Å². The van der Waals surface area contributed by atoms with Crippen LogP contribution >= 0.6 is 0 Å². The van der Waals surface area contributed by atoms with Crippen LogP contribution in [-0.2, 0) is 10.0 Å². The van der Waals surface area contributed by atoms with E-state index < -0.39 is 15.8 Å². The lowest BCUT2D eigenvalue weighted by Crippen LogP contribution is -2.37. The van der Waals surface area contributed by atoms with Gasteiger partial charge in [0.05, 0.1) is 12.0 Å². The second kappa shape index (κ2) is 5.98. The molecule has 3 rings (SSSR count). The molecule has 2 aliphatic rings. The van der Waals surface area contributed by atoms with E-state index in [1.54, 1.807) is 0 Å². The molecule has 7 heteroatoms. The number of methoxy groups -OCH3 is 1. The summed E-state index contributed by atoms with van der Waals surface area (Å²) in [4.78, 5) is 2.34. The smallest absolute Gasteiger partial charge is 0.243 e. The molecule has 0 amide bonds. The van der Waals surface area contributed by atoms with Gasteiger partial charge in [0.25, 0.3) is 0 Å². The van der Waals surface area contributed by atoms with Gasteiger partial charge in [-0.2, -0.15) is 4.31 Å². The van der Waals surface area contributed by atoms with Crippen molar-refractivity contribution in [3.05, 3.63) is 36.2 Å². The molecule has 0 unspecified atom stereocenters. The maximum atomic E-state index is 13.5. The summed E-state index contributed by atoms with van der Waals surface area (Å²) < 4.78 is 45.2. The molecule has 0 aliphatic carbocycles. The minimum absolute atomic E-state index is 0.0550. The fourth-order valence-corrected chi connectivity index (χ4v) is 4.48. The second-order valence-corrected chi connectivity index (χ2v) is 7.47. The monoisotopic (exact) mass is 326 g/mol. The Hall–Kier alpha value is -1.44. The van der Waals surface area contributed by atoms with Crippen LogP contribution in [0.3, 0.4) is 0 Å². The Balaban J connectivity index is 1.78. The van der Waals surface area contributed by atoms with Crippen LogP contribution in [0, 0.1) is 5.82 Å². The third kappa shape index (κ3) is 2.76. The number of sulfonamides is 1. The van der Waals surface area contributed by atoms with Gasteiger partial charge in [-0.1, -0.05) is 12.2 Å². The molecule has 0 spiro atoms. The Morgan fingerprint density at radius 3 is 2.68 bits per heavy atom. The van der Waals surface area contributed by atoms with E-state index in [1.807, 2.05) is 0 Å². The highest BCUT2D eigenvalue weighted by molar-refractivity contribution is 7.89. The molecule has 0 saturated carbocycles. The SMILES string of the molecule is COc1cc(S(=O)(=O)N2CC[C@@H](N3CC=CC3)C2)ccc1F. The van der Waals surface area contributed by atoms with E-state index in [-0.39, 0.29) is 16.7 Å². The minimum Gasteiger partial charge on any atom is -0.494 e. The maximum Gasteiger partial charge on any atom is 0.243 e. The Morgan fingerprint density at radius 2 is 2.00 bits per heavy atom. The number of hydrogen-bond donors (Lipinski definition) is 0. The Morgan fingerprint density at radius 1 is 1.27 bits per heavy atom. The van der Waals surface area contributed by atoms with E-state index in [0.29, 0.717) is 13.1 Å². The minimum atomic E-state index is -3.61. The average molecular weight is 326 g/mol. The van der Waals surface area contributed by atoms with E-state index in [2.05, 4.69) is 17.1 Å². The van der Waals surface area contributed by atoms with Crippen molar-refractivity contribution in [3.8, 4) is 5.75 Å². The fourth-order valence-electron chi connectivity index (χ4n) is 2.97. The van der Waals surface area contributed by atoms with E-state index in [0.717, 1.165) is 25.6 Å². The summed E-state index contributed by atoms with van der Waals surface area (Å²) in [5.74, 6) is -0.621. The molecule has 1 atom stereocenters. The van der Waals surface area contributed by atoms with E-state index >= 15 is 0 Å². The van der Waals surface area contributed by atoms with Gasteiger partial charge in [-0.3, -0.25) is 4.90 Å². The highest BCUT2D eigenvalue weighted by atomic mass is 32.2. The molecule has 2 aliphatic heterocycles. The number of hydrogen-bond acceptors (Lipinski definition) is 4. The zero-order chi connectivity index (χ0) is 15.7. The Bertz CT molecular complexity index is 682. The normalized spacial score (nSPS) is 23.3. The van der Waals surface area contributed by atoms with E-state index in [4.69, 9.17) is 4.74 Å². The number of ether oxygens (including phenoxy) is 1. The lowest BCUT2D eigenvalue weighted by Gasteiger charge is -2.23. The molecule has 2 heterocycles. The Kier molecular flexibility index (Phi) is 4.20. The summed E-state index contributed by atoms with van der Waals surface area (Å²) in [7, 11) is -2.29. The molecule has 5 nitrogen and oxygen atoms in total. The molecule has 1 aromatic carbocycles. The summed E-state index contributed by atoms with van der Waals surface area (Å²) in [6.07, 6.45) is 5.02. The third-order valence-electron chi connectivity index (χ3n) is 4.25. The third-order valence-corrected chi connectivity index (χ3v) is 6.11. The molecule has 22 heavy (non-hydrogen) atoms. The molecule has 0 aromatic heterocycles. The van der Waals surface area contributed by atoms with Gasteiger partial charge in [-0.05, 0) is 18.6 Å². The summed E-state index contributed by atoms with van der Waals surface area (Å²) >= 11 is 0. The summed E-state index contributed by atoms with van der Waals surface area (Å²) in [6, 6.07) is 3.91. The average Bonchev–Trinajstić information content (AvgIpc) is 3.18. The number of rotatable bonds is 4. The van der Waals surface area contributed by atoms with Crippen LogP contribution in [0.5, 0.6) is 5.75 Å². The highest BCUT2D eigenvalue weighted by Gasteiger charge is 2.35. The van der Waals surface area contributed by atoms with Gasteiger partial charge >= 0.3 is 0 Å². The molecule has 120 valence electrons. The van der Waals surface area contributed by atoms with Crippen LogP contribution in [0.25, 0.3) is 0 Å². The summed E-state index contributed by atoms with van der Waals surface area (Å²) in [5, 5.41) is 0. The fraction of sp³-hybridized carbons (Fsp3) is 0.467. The van der Waals surface area contributed by atoms with Crippen molar-refractivity contribution in [2.45, 2.75) is 17.4 Å². The first-order valence-corrected chi connectivity index (χ1v) is 8.69. The number of benzene rings is 1. The lowest BCUT2D eigenvalue weighted by molar-refractivity contribution is 0.261. The molecule has 0 N–H and O–H groups in total. The van der Waals surface area contributed by atoms with Gasteiger partial charge in [-0.15, -0.1) is 0 Å². The van der Waals surface area contributed by atoms with Crippen molar-refractivity contribution in [1.82, 2.24) is 9.21 Å². The first-order chi connectivity index (χ1) is 10.5. The second-order valence-electron chi connectivity index (χ2n) is 5.53. The highest BCUT2D eigenvalue weighted by Crippen LogP contribution is 2.27. The molecular formula is C15H19FN2O3S. The lowest BCUT2D eigenvalue weighted by atomic mass is 10.2. The van der Waals surface area contributed by atoms with Crippen molar-refractivity contribution in [3.63, 3.8) is 0 Å². The van der Waals surface area contributed by atoms with Gasteiger partial charge in [0.15, 0.2) is 11.6 Å². The summed E-state index contributed by atoms with van der Waals surface area (Å²) in [6.45, 7) is 2.72. The van der Waals surface area contributed by atoms with Crippen LogP contribution < -0.4 is 4.74 Å². The molecule has 1 saturated heterocycles. The van der Waals surface area contributed by atoms with Gasteiger partial charge in [0.1, 0.15) is 0 Å². The predicted molar refractivity (Wildman–Crippen MR) is 80.8 cm³/mol. The zero-order valence-electron chi connectivity index (χ0n) is 12.4. The largest absolute Gasteiger partial charge is 0.494 e. The van der Waals surface area contributed by atoms with E-state index in [9.17, 15) is 12.8 Å². The maximum absolute atomic E-state index is 13.5. The van der Waals surface area contributed by atoms with Crippen molar-refractivity contribution in [2.75, 3.05) is 33.3 Å². The van der Waals surface area contributed by atoms with Crippen molar-refractivity contribution in [1.29, 1.82) is 0 Å². The van der Waals surface area contributed by atoms with Crippen LogP contribution in [0.2, 0.25) is 0 Å². The van der Waals surface area contributed by atoms with Gasteiger partial charge in [0, 0.05) is 38.3 Å². The summed E-state index contributed by atoms with van der Waals surface area (Å²) in [5.41, 5.74) is 0. The van der Waals surface area contributed by atoms with Crippen molar-refractivity contribution in [2.24, 2.45) is 0 Å². The first-order valence-electron chi connectivity index (χ1n) is 7.25. The van der Waals surface area contributed by atoms with Crippen molar-refractivity contribution >= 4 is 10.0 Å². The van der Waals surface area contributed by atoms with Gasteiger partial charge in [-0.25, -0.2) is 12.8 Å². The first kappa shape index (κ1) is 15.5. The van der Waals surface area contributed by atoms with Crippen molar-refractivity contribution < 1.29 is 17.5 Å². The van der Waals surface area contributed by atoms with Crippen LogP contribution in [-0.4, -0.2) is 57.0 Å². The standard InChI is InChI=1S/C15H19FN2O3S/c1-21-15-10-13(4-5-14(15)16)22(19,20)18-9-6-12(11-18)17-7-2-3-8-17/h2-5,10,12H,6-9,11H2,1H3/t12-/m1/s1. The predicted octanol–water partition coefficient (Wildman–Crippen LogP) is 1.47. The van der Waals surface area contributed by atoms with Gasteiger partial charge in [0.2, 0.25) is 10.0 Å². The zero-order valence-corrected chi connectivity index (χ0v) is 13.2. The molecule has 0 bridgehead atoms. The number of halogens is 1. The Labute approximate surface area is 130 Å². The van der Waals surface area contributed by atoms with Crippen LogP contribution in [0.15, 0.2) is 35.2 Å². The number of nitrogens with zero attached hydrogens (tertiary/aromatic N) is 2. The molecule has 1 fully saturated rings. The molecule has 0 radical (unpaired) electrons. The molecular weight excluding hydrogens is 307 g/mol.